The molecule has 1 aliphatic rings. The van der Waals surface area contributed by atoms with Crippen molar-refractivity contribution < 1.29 is 9.59 Å². The summed E-state index contributed by atoms with van der Waals surface area (Å²) in [7, 11) is 0. The SMILES string of the molecule is Cc1cc(C(=O)NC2CCCCC2)ccc1NC(=O)c1csc(CN)n1.Cl. The number of thiazole rings is 1. The normalized spacial score (nSPS) is 14.3. The smallest absolute Gasteiger partial charge is 0.275 e. The van der Waals surface area contributed by atoms with Crippen LogP contribution in [0.4, 0.5) is 5.69 Å². The fourth-order valence-corrected chi connectivity index (χ4v) is 3.81. The summed E-state index contributed by atoms with van der Waals surface area (Å²) >= 11 is 1.37. The zero-order valence-corrected chi connectivity index (χ0v) is 16.9. The maximum Gasteiger partial charge on any atom is 0.275 e. The monoisotopic (exact) mass is 408 g/mol. The van der Waals surface area contributed by atoms with Gasteiger partial charge in [0.25, 0.3) is 11.8 Å². The zero-order chi connectivity index (χ0) is 18.5. The van der Waals surface area contributed by atoms with E-state index < -0.39 is 0 Å². The fraction of sp³-hybridized carbons (Fsp3) is 0.421. The van der Waals surface area contributed by atoms with Crippen LogP contribution < -0.4 is 16.4 Å². The molecule has 0 atom stereocenters. The van der Waals surface area contributed by atoms with Gasteiger partial charge in [0.15, 0.2) is 0 Å². The molecule has 1 fully saturated rings. The highest BCUT2D eigenvalue weighted by molar-refractivity contribution is 7.09. The van der Waals surface area contributed by atoms with E-state index in [4.69, 9.17) is 5.73 Å². The standard InChI is InChI=1S/C19H24N4O2S.ClH/c1-12-9-13(18(24)21-14-5-3-2-4-6-14)7-8-15(12)23-19(25)16-11-26-17(10-20)22-16;/h7-9,11,14H,2-6,10,20H2,1H3,(H,21,24)(H,23,25);1H. The number of carbonyl (C=O) groups is 2. The van der Waals surface area contributed by atoms with Crippen molar-refractivity contribution >= 4 is 41.2 Å². The lowest BCUT2D eigenvalue weighted by Gasteiger charge is -2.23. The minimum absolute atomic E-state index is 0. The molecule has 2 aromatic rings. The molecule has 0 aliphatic heterocycles. The third-order valence-corrected chi connectivity index (χ3v) is 5.51. The van der Waals surface area contributed by atoms with E-state index in [1.165, 1.54) is 30.6 Å². The Morgan fingerprint density at radius 2 is 1.96 bits per heavy atom. The van der Waals surface area contributed by atoms with Crippen LogP contribution in [0.5, 0.6) is 0 Å². The van der Waals surface area contributed by atoms with E-state index in [1.54, 1.807) is 23.6 Å². The molecule has 0 spiro atoms. The maximum absolute atomic E-state index is 12.4. The topological polar surface area (TPSA) is 97.1 Å². The van der Waals surface area contributed by atoms with Gasteiger partial charge in [-0.15, -0.1) is 23.7 Å². The van der Waals surface area contributed by atoms with Crippen LogP contribution in [0.15, 0.2) is 23.6 Å². The van der Waals surface area contributed by atoms with Crippen molar-refractivity contribution in [2.75, 3.05) is 5.32 Å². The molecule has 8 heteroatoms. The number of amides is 2. The molecule has 146 valence electrons. The minimum atomic E-state index is -0.275. The molecule has 1 heterocycles. The van der Waals surface area contributed by atoms with E-state index in [9.17, 15) is 9.59 Å². The third-order valence-electron chi connectivity index (χ3n) is 4.64. The van der Waals surface area contributed by atoms with Crippen LogP contribution in [0, 0.1) is 6.92 Å². The van der Waals surface area contributed by atoms with E-state index in [0.29, 0.717) is 23.5 Å². The average Bonchev–Trinajstić information content (AvgIpc) is 3.13. The van der Waals surface area contributed by atoms with Crippen LogP contribution in [-0.4, -0.2) is 22.8 Å². The summed E-state index contributed by atoms with van der Waals surface area (Å²) in [6.45, 7) is 2.20. The summed E-state index contributed by atoms with van der Waals surface area (Å²) in [6.07, 6.45) is 5.72. The number of rotatable bonds is 5. The first-order valence-corrected chi connectivity index (χ1v) is 9.82. The summed E-state index contributed by atoms with van der Waals surface area (Å²) in [4.78, 5) is 28.9. The van der Waals surface area contributed by atoms with Crippen LogP contribution in [-0.2, 0) is 6.54 Å². The van der Waals surface area contributed by atoms with Gasteiger partial charge in [-0.05, 0) is 43.5 Å². The van der Waals surface area contributed by atoms with Crippen molar-refractivity contribution in [3.8, 4) is 0 Å². The molecule has 1 saturated carbocycles. The number of nitrogens with zero attached hydrogens (tertiary/aromatic N) is 1. The van der Waals surface area contributed by atoms with Gasteiger partial charge in [0, 0.05) is 29.2 Å². The zero-order valence-electron chi connectivity index (χ0n) is 15.3. The van der Waals surface area contributed by atoms with Crippen molar-refractivity contribution in [3.05, 3.63) is 45.4 Å². The number of anilines is 1. The average molecular weight is 409 g/mol. The first-order valence-electron chi connectivity index (χ1n) is 8.94. The Labute approximate surface area is 169 Å². The molecule has 0 bridgehead atoms. The summed E-state index contributed by atoms with van der Waals surface area (Å²) in [5.41, 5.74) is 8.01. The highest BCUT2D eigenvalue weighted by Gasteiger charge is 2.17. The minimum Gasteiger partial charge on any atom is -0.349 e. The second kappa shape index (κ2) is 9.82. The van der Waals surface area contributed by atoms with E-state index in [-0.39, 0.29) is 30.3 Å². The second-order valence-corrected chi connectivity index (χ2v) is 7.57. The van der Waals surface area contributed by atoms with Crippen molar-refractivity contribution in [3.63, 3.8) is 0 Å². The van der Waals surface area contributed by atoms with Crippen molar-refractivity contribution in [2.45, 2.75) is 51.6 Å². The molecule has 0 unspecified atom stereocenters. The highest BCUT2D eigenvalue weighted by Crippen LogP contribution is 2.20. The van der Waals surface area contributed by atoms with Gasteiger partial charge in [-0.25, -0.2) is 4.98 Å². The number of nitrogens with two attached hydrogens (primary N) is 1. The van der Waals surface area contributed by atoms with Crippen LogP contribution in [0.2, 0.25) is 0 Å². The lowest BCUT2D eigenvalue weighted by Crippen LogP contribution is -2.36. The predicted octanol–water partition coefficient (Wildman–Crippen LogP) is 3.65. The van der Waals surface area contributed by atoms with Crippen LogP contribution in [0.3, 0.4) is 0 Å². The Balaban J connectivity index is 0.00000261. The van der Waals surface area contributed by atoms with Gasteiger partial charge in [-0.3, -0.25) is 9.59 Å². The van der Waals surface area contributed by atoms with Crippen molar-refractivity contribution in [2.24, 2.45) is 5.73 Å². The molecule has 2 amide bonds. The number of nitrogens with one attached hydrogen (secondary N) is 2. The van der Waals surface area contributed by atoms with E-state index in [1.807, 2.05) is 6.92 Å². The summed E-state index contributed by atoms with van der Waals surface area (Å²) in [5.74, 6) is -0.326. The second-order valence-electron chi connectivity index (χ2n) is 6.62. The number of carbonyl (C=O) groups excluding carboxylic acids is 2. The summed E-state index contributed by atoms with van der Waals surface area (Å²) in [5, 5.41) is 8.37. The molecule has 6 nitrogen and oxygen atoms in total. The molecule has 4 N–H and O–H groups in total. The molecule has 0 radical (unpaired) electrons. The molecule has 27 heavy (non-hydrogen) atoms. The number of halogens is 1. The summed E-state index contributed by atoms with van der Waals surface area (Å²) < 4.78 is 0. The lowest BCUT2D eigenvalue weighted by molar-refractivity contribution is 0.0927. The Morgan fingerprint density at radius 3 is 2.59 bits per heavy atom. The number of hydrogen-bond acceptors (Lipinski definition) is 5. The van der Waals surface area contributed by atoms with Gasteiger partial charge in [0.1, 0.15) is 10.7 Å². The van der Waals surface area contributed by atoms with Gasteiger partial charge in [-0.1, -0.05) is 19.3 Å². The molecule has 0 saturated heterocycles. The highest BCUT2D eigenvalue weighted by atomic mass is 35.5. The van der Waals surface area contributed by atoms with Gasteiger partial charge in [0.2, 0.25) is 0 Å². The van der Waals surface area contributed by atoms with Gasteiger partial charge in [0.05, 0.1) is 0 Å². The first kappa shape index (κ1) is 21.3. The van der Waals surface area contributed by atoms with Crippen molar-refractivity contribution in [1.82, 2.24) is 10.3 Å². The largest absolute Gasteiger partial charge is 0.349 e. The number of aromatic nitrogens is 1. The predicted molar refractivity (Wildman–Crippen MR) is 111 cm³/mol. The maximum atomic E-state index is 12.4. The molecule has 1 aliphatic carbocycles. The molecular weight excluding hydrogens is 384 g/mol. The number of aryl methyl sites for hydroxylation is 1. The fourth-order valence-electron chi connectivity index (χ4n) is 3.16. The van der Waals surface area contributed by atoms with E-state index in [0.717, 1.165) is 23.4 Å². The number of benzene rings is 1. The molecule has 3 rings (SSSR count). The quantitative estimate of drug-likeness (QED) is 0.703. The third kappa shape index (κ3) is 5.51. The molecular formula is C19H25ClN4O2S. The van der Waals surface area contributed by atoms with Gasteiger partial charge < -0.3 is 16.4 Å². The van der Waals surface area contributed by atoms with Crippen LogP contribution in [0.25, 0.3) is 0 Å². The Hall–Kier alpha value is -1.96. The lowest BCUT2D eigenvalue weighted by atomic mass is 9.95. The van der Waals surface area contributed by atoms with Gasteiger partial charge >= 0.3 is 0 Å². The first-order chi connectivity index (χ1) is 12.6. The van der Waals surface area contributed by atoms with E-state index >= 15 is 0 Å². The molecule has 1 aromatic heterocycles. The summed E-state index contributed by atoms with van der Waals surface area (Å²) in [6, 6.07) is 5.59. The van der Waals surface area contributed by atoms with Gasteiger partial charge in [-0.2, -0.15) is 0 Å². The number of hydrogen-bond donors (Lipinski definition) is 3. The Kier molecular flexibility index (Phi) is 7.77. The Morgan fingerprint density at radius 1 is 1.22 bits per heavy atom. The van der Waals surface area contributed by atoms with Crippen molar-refractivity contribution in [1.29, 1.82) is 0 Å². The Bertz CT molecular complexity index is 803. The van der Waals surface area contributed by atoms with E-state index in [2.05, 4.69) is 15.6 Å². The van der Waals surface area contributed by atoms with Crippen LogP contribution in [0.1, 0.15) is 63.5 Å². The molecule has 1 aromatic carbocycles. The van der Waals surface area contributed by atoms with Crippen LogP contribution >= 0.6 is 23.7 Å².